The topological polar surface area (TPSA) is 20.3 Å². The lowest BCUT2D eigenvalue weighted by atomic mass is 10.2. The van der Waals surface area contributed by atoms with Crippen LogP contribution in [0.1, 0.15) is 10.9 Å². The molecule has 1 heterocycles. The monoisotopic (exact) mass is 357 g/mol. The number of halogens is 3. The number of carbonyl (C=O) groups is 1. The molecule has 0 aromatic heterocycles. The van der Waals surface area contributed by atoms with Gasteiger partial charge in [0.05, 0.1) is 5.75 Å². The molecule has 6 heteroatoms. The van der Waals surface area contributed by atoms with Gasteiger partial charge in [-0.1, -0.05) is 46.9 Å². The van der Waals surface area contributed by atoms with Crippen molar-refractivity contribution < 1.29 is 4.79 Å². The quantitative estimate of drug-likeness (QED) is 0.714. The molecule has 2 nitrogen and oxygen atoms in total. The highest BCUT2D eigenvalue weighted by molar-refractivity contribution is 8.00. The van der Waals surface area contributed by atoms with E-state index in [9.17, 15) is 4.79 Å². The van der Waals surface area contributed by atoms with Gasteiger partial charge in [-0.2, -0.15) is 0 Å². The van der Waals surface area contributed by atoms with Gasteiger partial charge in [0.15, 0.2) is 0 Å². The summed E-state index contributed by atoms with van der Waals surface area (Å²) in [7, 11) is 0. The molecule has 0 spiro atoms. The van der Waals surface area contributed by atoms with Gasteiger partial charge in [-0.25, -0.2) is 0 Å². The molecule has 0 radical (unpaired) electrons. The maximum atomic E-state index is 12.3. The van der Waals surface area contributed by atoms with E-state index >= 15 is 0 Å². The molecule has 1 aliphatic heterocycles. The predicted molar refractivity (Wildman–Crippen MR) is 90.6 cm³/mol. The normalized spacial score (nSPS) is 18.3. The minimum absolute atomic E-state index is 0.0169. The first-order valence-corrected chi connectivity index (χ1v) is 8.39. The maximum absolute atomic E-state index is 12.3. The van der Waals surface area contributed by atoms with Crippen molar-refractivity contribution in [3.05, 3.63) is 63.1 Å². The molecule has 0 bridgehead atoms. The fourth-order valence-corrected chi connectivity index (χ4v) is 4.46. The Morgan fingerprint density at radius 3 is 2.38 bits per heavy atom. The average Bonchev–Trinajstić information content (AvgIpc) is 2.80. The summed E-state index contributed by atoms with van der Waals surface area (Å²) in [6, 6.07) is 12.6. The van der Waals surface area contributed by atoms with Crippen molar-refractivity contribution >= 4 is 58.2 Å². The molecule has 1 atom stereocenters. The Balaban J connectivity index is 2.08. The highest BCUT2D eigenvalue weighted by Crippen LogP contribution is 2.46. The van der Waals surface area contributed by atoms with Crippen molar-refractivity contribution in [1.29, 1.82) is 0 Å². The van der Waals surface area contributed by atoms with Crippen molar-refractivity contribution in [2.75, 3.05) is 10.7 Å². The smallest absolute Gasteiger partial charge is 0.238 e. The van der Waals surface area contributed by atoms with E-state index in [-0.39, 0.29) is 11.3 Å². The Labute approximate surface area is 142 Å². The van der Waals surface area contributed by atoms with Crippen LogP contribution in [0.2, 0.25) is 15.1 Å². The minimum atomic E-state index is -0.239. The van der Waals surface area contributed by atoms with E-state index in [1.807, 2.05) is 12.1 Å². The first-order valence-electron chi connectivity index (χ1n) is 6.21. The van der Waals surface area contributed by atoms with Gasteiger partial charge in [-0.05, 0) is 30.3 Å². The van der Waals surface area contributed by atoms with Gasteiger partial charge in [0, 0.05) is 26.3 Å². The lowest BCUT2D eigenvalue weighted by Gasteiger charge is -2.25. The second-order valence-corrected chi connectivity index (χ2v) is 6.86. The van der Waals surface area contributed by atoms with E-state index < -0.39 is 0 Å². The van der Waals surface area contributed by atoms with Crippen LogP contribution in [-0.4, -0.2) is 11.7 Å². The standard InChI is InChI=1S/C15H10Cl3NOS/c16-9-3-1-4-10(7-9)19-13(20)8-21-15(19)14-11(17)5-2-6-12(14)18/h1-7,15H,8H2. The zero-order chi connectivity index (χ0) is 15.0. The minimum Gasteiger partial charge on any atom is -0.295 e. The molecular weight excluding hydrogens is 349 g/mol. The number of hydrogen-bond donors (Lipinski definition) is 0. The van der Waals surface area contributed by atoms with Crippen LogP contribution in [0.4, 0.5) is 5.69 Å². The van der Waals surface area contributed by atoms with Crippen LogP contribution in [0.3, 0.4) is 0 Å². The van der Waals surface area contributed by atoms with E-state index in [0.29, 0.717) is 20.8 Å². The van der Waals surface area contributed by atoms with Gasteiger partial charge in [-0.15, -0.1) is 11.8 Å². The average molecular weight is 359 g/mol. The summed E-state index contributed by atoms with van der Waals surface area (Å²) < 4.78 is 0. The molecule has 108 valence electrons. The van der Waals surface area contributed by atoms with Gasteiger partial charge >= 0.3 is 0 Å². The van der Waals surface area contributed by atoms with Gasteiger partial charge in [0.2, 0.25) is 5.91 Å². The van der Waals surface area contributed by atoms with Crippen molar-refractivity contribution in [3.63, 3.8) is 0 Å². The number of anilines is 1. The molecule has 21 heavy (non-hydrogen) atoms. The molecule has 1 fully saturated rings. The Hall–Kier alpha value is -0.870. The number of rotatable bonds is 2. The summed E-state index contributed by atoms with van der Waals surface area (Å²) in [6.45, 7) is 0. The van der Waals surface area contributed by atoms with Crippen molar-refractivity contribution in [3.8, 4) is 0 Å². The van der Waals surface area contributed by atoms with E-state index in [4.69, 9.17) is 34.8 Å². The summed E-state index contributed by atoms with van der Waals surface area (Å²) in [4.78, 5) is 14.0. The van der Waals surface area contributed by atoms with Crippen LogP contribution < -0.4 is 4.90 Å². The summed E-state index contributed by atoms with van der Waals surface area (Å²) >= 11 is 20.1. The SMILES string of the molecule is O=C1CSC(c2c(Cl)cccc2Cl)N1c1cccc(Cl)c1. The van der Waals surface area contributed by atoms with Gasteiger partial charge < -0.3 is 0 Å². The highest BCUT2D eigenvalue weighted by Gasteiger charge is 2.36. The molecule has 2 aromatic rings. The largest absolute Gasteiger partial charge is 0.295 e. The fraction of sp³-hybridized carbons (Fsp3) is 0.133. The van der Waals surface area contributed by atoms with E-state index in [2.05, 4.69) is 0 Å². The summed E-state index contributed by atoms with van der Waals surface area (Å²) in [5, 5.41) is 1.46. The first-order chi connectivity index (χ1) is 10.1. The van der Waals surface area contributed by atoms with Crippen molar-refractivity contribution in [2.24, 2.45) is 0 Å². The van der Waals surface area contributed by atoms with E-state index in [0.717, 1.165) is 11.3 Å². The number of carbonyl (C=O) groups excluding carboxylic acids is 1. The van der Waals surface area contributed by atoms with Crippen molar-refractivity contribution in [2.45, 2.75) is 5.37 Å². The molecule has 1 unspecified atom stereocenters. The van der Waals surface area contributed by atoms with E-state index in [1.165, 1.54) is 11.8 Å². The number of thioether (sulfide) groups is 1. The van der Waals surface area contributed by atoms with Crippen molar-refractivity contribution in [1.82, 2.24) is 0 Å². The lowest BCUT2D eigenvalue weighted by molar-refractivity contribution is -0.115. The third kappa shape index (κ3) is 2.88. The molecule has 1 aliphatic rings. The third-order valence-corrected chi connectivity index (χ3v) is 5.27. The Morgan fingerprint density at radius 1 is 1.05 bits per heavy atom. The Bertz CT molecular complexity index is 687. The molecular formula is C15H10Cl3NOS. The van der Waals surface area contributed by atoms with Crippen LogP contribution in [0.5, 0.6) is 0 Å². The number of benzene rings is 2. The Morgan fingerprint density at radius 2 is 1.71 bits per heavy atom. The second-order valence-electron chi connectivity index (χ2n) is 4.54. The lowest BCUT2D eigenvalue weighted by Crippen LogP contribution is -2.28. The molecule has 0 saturated carbocycles. The zero-order valence-corrected chi connectivity index (χ0v) is 13.8. The van der Waals surface area contributed by atoms with Gasteiger partial charge in [-0.3, -0.25) is 9.69 Å². The molecule has 1 saturated heterocycles. The number of hydrogen-bond acceptors (Lipinski definition) is 2. The fourth-order valence-electron chi connectivity index (χ4n) is 2.29. The van der Waals surface area contributed by atoms with Crippen LogP contribution in [0, 0.1) is 0 Å². The summed E-state index contributed by atoms with van der Waals surface area (Å²) in [5.74, 6) is 0.405. The first kappa shape index (κ1) is 15.0. The van der Waals surface area contributed by atoms with Crippen LogP contribution in [0.15, 0.2) is 42.5 Å². The number of amides is 1. The van der Waals surface area contributed by atoms with Crippen LogP contribution in [-0.2, 0) is 4.79 Å². The van der Waals surface area contributed by atoms with Gasteiger partial charge in [0.1, 0.15) is 5.37 Å². The molecule has 0 N–H and O–H groups in total. The molecule has 3 rings (SSSR count). The van der Waals surface area contributed by atoms with Crippen LogP contribution >= 0.6 is 46.6 Å². The molecule has 1 amide bonds. The van der Waals surface area contributed by atoms with E-state index in [1.54, 1.807) is 35.2 Å². The van der Waals surface area contributed by atoms with Gasteiger partial charge in [0.25, 0.3) is 0 Å². The molecule has 0 aliphatic carbocycles. The summed E-state index contributed by atoms with van der Waals surface area (Å²) in [6.07, 6.45) is 0. The summed E-state index contributed by atoms with van der Waals surface area (Å²) in [5.41, 5.74) is 1.51. The van der Waals surface area contributed by atoms with Crippen LogP contribution in [0.25, 0.3) is 0 Å². The maximum Gasteiger partial charge on any atom is 0.238 e. The number of nitrogens with zero attached hydrogens (tertiary/aromatic N) is 1. The second kappa shape index (κ2) is 6.09. The molecule has 2 aromatic carbocycles. The highest BCUT2D eigenvalue weighted by atomic mass is 35.5. The Kier molecular flexibility index (Phi) is 4.36. The third-order valence-electron chi connectivity index (χ3n) is 3.20. The zero-order valence-electron chi connectivity index (χ0n) is 10.7. The predicted octanol–water partition coefficient (Wildman–Crippen LogP) is 5.43.